The average Bonchev–Trinajstić information content (AvgIpc) is 3.70. The van der Waals surface area contributed by atoms with E-state index in [4.69, 9.17) is 19.4 Å². The molecule has 0 aliphatic heterocycles. The summed E-state index contributed by atoms with van der Waals surface area (Å²) < 4.78 is 7.04. The van der Waals surface area contributed by atoms with Crippen molar-refractivity contribution in [1.29, 1.82) is 0 Å². The topological polar surface area (TPSA) is 51.8 Å². The molecule has 0 radical (unpaired) electrons. The molecular weight excluding hydrogens is 717 g/mol. The third-order valence-electron chi connectivity index (χ3n) is 13.6. The van der Waals surface area contributed by atoms with Crippen LogP contribution in [0.2, 0.25) is 0 Å². The SMILES string of the molecule is Bc1c(B)c(B)c(-c2c(B)c(B)c3oc4c(B)c(-c5nc(-c6ccccc6)nc(-c6ccc(-c7ccc(-c8ccccc8)cc7)cc6)n5)c(B)c(B)c4c3c2B)c(B)c1B. The van der Waals surface area contributed by atoms with E-state index in [-0.39, 0.29) is 0 Å². The predicted octanol–water partition coefficient (Wildman–Crippen LogP) is -7.38. The smallest absolute Gasteiger partial charge is 0.164 e. The zero-order valence-corrected chi connectivity index (χ0v) is 36.6. The minimum Gasteiger partial charge on any atom is -0.457 e. The minimum absolute atomic E-state index is 0.632. The lowest BCUT2D eigenvalue weighted by molar-refractivity contribution is 0.675. The quantitative estimate of drug-likeness (QED) is 0.159. The summed E-state index contributed by atoms with van der Waals surface area (Å²) >= 11 is 0. The minimum atomic E-state index is 0.632. The second-order valence-corrected chi connectivity index (χ2v) is 16.7. The molecule has 2 heterocycles. The van der Waals surface area contributed by atoms with Gasteiger partial charge in [0.15, 0.2) is 17.5 Å². The molecule has 2 aromatic heterocycles. The maximum Gasteiger partial charge on any atom is 0.164 e. The monoisotopic (exact) mass is 759 g/mol. The summed E-state index contributed by atoms with van der Waals surface area (Å²) in [5.74, 6) is 1.91. The molecule has 0 atom stereocenters. The van der Waals surface area contributed by atoms with Crippen molar-refractivity contribution >= 4 is 168 Å². The van der Waals surface area contributed by atoms with Crippen LogP contribution in [0.4, 0.5) is 0 Å². The lowest BCUT2D eigenvalue weighted by atomic mass is 9.57. The Kier molecular flexibility index (Phi) is 10.1. The highest BCUT2D eigenvalue weighted by Gasteiger charge is 2.26. The number of benzene rings is 7. The van der Waals surface area contributed by atoms with E-state index >= 15 is 0 Å². The molecule has 60 heavy (non-hydrogen) atoms. The van der Waals surface area contributed by atoms with E-state index in [1.807, 2.05) is 24.3 Å². The molecule has 0 saturated heterocycles. The fraction of sp³-hybridized carbons (Fsp3) is 0. The maximum atomic E-state index is 7.04. The van der Waals surface area contributed by atoms with Crippen LogP contribution in [0, 0.1) is 0 Å². The van der Waals surface area contributed by atoms with E-state index < -0.39 is 0 Å². The van der Waals surface area contributed by atoms with Gasteiger partial charge in [-0.15, -0.1) is 16.4 Å². The number of aromatic nitrogens is 3. The molecular formula is C45H40B11N3O. The van der Waals surface area contributed by atoms with Gasteiger partial charge in [-0.2, -0.15) is 0 Å². The summed E-state index contributed by atoms with van der Waals surface area (Å²) in [4.78, 5) is 15.5. The van der Waals surface area contributed by atoms with Crippen molar-refractivity contribution in [3.63, 3.8) is 0 Å². The van der Waals surface area contributed by atoms with Gasteiger partial charge in [0.1, 0.15) is 97.5 Å². The molecule has 0 bridgehead atoms. The molecule has 0 amide bonds. The number of rotatable bonds is 6. The Morgan fingerprint density at radius 2 is 0.600 bits per heavy atom. The Labute approximate surface area is 362 Å². The zero-order chi connectivity index (χ0) is 42.1. The highest BCUT2D eigenvalue weighted by Crippen LogP contribution is 2.31. The predicted molar refractivity (Wildman–Crippen MR) is 290 cm³/mol. The van der Waals surface area contributed by atoms with Crippen molar-refractivity contribution < 1.29 is 4.42 Å². The van der Waals surface area contributed by atoms with E-state index in [9.17, 15) is 0 Å². The lowest BCUT2D eigenvalue weighted by Crippen LogP contribution is -2.56. The van der Waals surface area contributed by atoms with Gasteiger partial charge in [0.25, 0.3) is 0 Å². The number of hydrogen-bond acceptors (Lipinski definition) is 4. The third kappa shape index (κ3) is 6.36. The molecule has 4 nitrogen and oxygen atoms in total. The first-order valence-electron chi connectivity index (χ1n) is 21.0. The van der Waals surface area contributed by atoms with Crippen LogP contribution in [0.5, 0.6) is 0 Å². The third-order valence-corrected chi connectivity index (χ3v) is 13.6. The Hall–Kier alpha value is -5.94. The van der Waals surface area contributed by atoms with Crippen LogP contribution in [0.15, 0.2) is 114 Å². The molecule has 9 aromatic rings. The largest absolute Gasteiger partial charge is 0.457 e. The Morgan fingerprint density at radius 3 is 1.12 bits per heavy atom. The summed E-state index contributed by atoms with van der Waals surface area (Å²) in [6, 6.07) is 38.0. The molecule has 0 N–H and O–H groups in total. The van der Waals surface area contributed by atoms with Crippen LogP contribution in [-0.4, -0.2) is 101 Å². The van der Waals surface area contributed by atoms with Crippen LogP contribution in [-0.2, 0) is 0 Å². The van der Waals surface area contributed by atoms with Crippen molar-refractivity contribution in [2.75, 3.05) is 0 Å². The molecule has 0 aliphatic rings. The number of fused-ring (bicyclic) bond motifs is 3. The summed E-state index contributed by atoms with van der Waals surface area (Å²) in [6.07, 6.45) is 0. The summed E-state index contributed by atoms with van der Waals surface area (Å²) in [5.41, 5.74) is 26.0. The molecule has 274 valence electrons. The number of nitrogens with zero attached hydrogens (tertiary/aromatic N) is 3. The molecule has 0 aliphatic carbocycles. The van der Waals surface area contributed by atoms with Crippen molar-refractivity contribution in [3.05, 3.63) is 109 Å². The molecule has 0 unspecified atom stereocenters. The Balaban J connectivity index is 1.20. The van der Waals surface area contributed by atoms with Gasteiger partial charge in [-0.3, -0.25) is 0 Å². The molecule has 9 rings (SSSR count). The normalized spacial score (nSPS) is 11.4. The molecule has 0 fully saturated rings. The van der Waals surface area contributed by atoms with Crippen molar-refractivity contribution in [2.45, 2.75) is 0 Å². The maximum absolute atomic E-state index is 7.04. The number of hydrogen-bond donors (Lipinski definition) is 0. The van der Waals surface area contributed by atoms with E-state index in [1.54, 1.807) is 0 Å². The van der Waals surface area contributed by atoms with Crippen molar-refractivity contribution in [1.82, 2.24) is 15.0 Å². The zero-order valence-electron chi connectivity index (χ0n) is 36.6. The van der Waals surface area contributed by atoms with Gasteiger partial charge in [-0.1, -0.05) is 147 Å². The molecule has 0 spiro atoms. The fourth-order valence-electron chi connectivity index (χ4n) is 9.42. The first-order chi connectivity index (χ1) is 28.8. The van der Waals surface area contributed by atoms with Gasteiger partial charge in [0.05, 0.1) is 0 Å². The summed E-state index contributed by atoms with van der Waals surface area (Å²) in [7, 11) is 24.7. The van der Waals surface area contributed by atoms with Gasteiger partial charge in [-0.05, 0) is 38.8 Å². The van der Waals surface area contributed by atoms with E-state index in [2.05, 4.69) is 171 Å². The van der Waals surface area contributed by atoms with Crippen LogP contribution in [0.3, 0.4) is 0 Å². The Morgan fingerprint density at radius 1 is 0.267 bits per heavy atom. The summed E-state index contributed by atoms with van der Waals surface area (Å²) in [6.45, 7) is 0. The van der Waals surface area contributed by atoms with Gasteiger partial charge in [-0.25, -0.2) is 15.0 Å². The second-order valence-electron chi connectivity index (χ2n) is 16.7. The lowest BCUT2D eigenvalue weighted by Gasteiger charge is -2.25. The van der Waals surface area contributed by atoms with Gasteiger partial charge in [0.2, 0.25) is 0 Å². The highest BCUT2D eigenvalue weighted by molar-refractivity contribution is 6.71. The highest BCUT2D eigenvalue weighted by atomic mass is 16.3. The van der Waals surface area contributed by atoms with E-state index in [0.29, 0.717) is 17.5 Å². The standard InChI is InChI=1S/C45H40B11N3O/c46-30-25(26-31(47)37(53)39(55)38(54)32(26)48)33(49)40(56)42-27(30)28-34(50)35(51)29(36(52)41(28)60-42)45-58-43(23-9-5-2-6-10-23)57-44(59-45)24-17-15-22(16-18-24)21-13-11-20(12-14-21)19-7-3-1-4-8-19/h1-18H,46-56H2. The van der Waals surface area contributed by atoms with E-state index in [1.165, 1.54) is 82.2 Å². The molecule has 7 aromatic carbocycles. The van der Waals surface area contributed by atoms with Gasteiger partial charge >= 0.3 is 0 Å². The van der Waals surface area contributed by atoms with Crippen molar-refractivity contribution in [3.8, 4) is 67.5 Å². The van der Waals surface area contributed by atoms with Gasteiger partial charge in [0, 0.05) is 27.5 Å². The van der Waals surface area contributed by atoms with Crippen LogP contribution < -0.4 is 60.1 Å². The number of furan rings is 1. The van der Waals surface area contributed by atoms with Gasteiger partial charge < -0.3 is 4.42 Å². The van der Waals surface area contributed by atoms with Crippen LogP contribution >= 0.6 is 0 Å². The summed E-state index contributed by atoms with van der Waals surface area (Å²) in [5, 5.41) is 2.37. The molecule has 15 heteroatoms. The second kappa shape index (κ2) is 15.3. The molecule has 0 saturated carbocycles. The average molecular weight is 758 g/mol. The van der Waals surface area contributed by atoms with Crippen molar-refractivity contribution in [2.24, 2.45) is 0 Å². The van der Waals surface area contributed by atoms with Crippen LogP contribution in [0.25, 0.3) is 89.5 Å². The first kappa shape index (κ1) is 39.5. The fourth-order valence-corrected chi connectivity index (χ4v) is 9.42. The first-order valence-corrected chi connectivity index (χ1v) is 21.0. The Bertz CT molecular complexity index is 3170. The van der Waals surface area contributed by atoms with Crippen LogP contribution in [0.1, 0.15) is 0 Å². The van der Waals surface area contributed by atoms with E-state index in [0.717, 1.165) is 49.9 Å².